The van der Waals surface area contributed by atoms with Gasteiger partial charge < -0.3 is 5.32 Å². The van der Waals surface area contributed by atoms with Crippen LogP contribution in [0.4, 0.5) is 0 Å². The minimum absolute atomic E-state index is 0.0353. The van der Waals surface area contributed by atoms with Crippen molar-refractivity contribution >= 4 is 29.3 Å². The lowest BCUT2D eigenvalue weighted by Gasteiger charge is -2.12. The van der Waals surface area contributed by atoms with E-state index >= 15 is 0 Å². The fraction of sp³-hybridized carbons (Fsp3) is 0.167. The van der Waals surface area contributed by atoms with Crippen LogP contribution in [-0.4, -0.2) is 31.4 Å². The van der Waals surface area contributed by atoms with E-state index in [-0.39, 0.29) is 5.91 Å². The number of benzene rings is 2. The molecular weight excluding hydrogens is 442 g/mol. The van der Waals surface area contributed by atoms with E-state index in [4.69, 9.17) is 11.6 Å². The summed E-state index contributed by atoms with van der Waals surface area (Å²) in [5.41, 5.74) is 3.89. The van der Waals surface area contributed by atoms with Crippen LogP contribution >= 0.6 is 23.4 Å². The van der Waals surface area contributed by atoms with Crippen LogP contribution in [0.1, 0.15) is 17.5 Å². The molecule has 0 unspecified atom stereocenters. The Bertz CT molecular complexity index is 1210. The van der Waals surface area contributed by atoms with Crippen molar-refractivity contribution in [1.82, 2.24) is 25.1 Å². The largest absolute Gasteiger partial charge is 0.352 e. The molecule has 0 aliphatic heterocycles. The monoisotopic (exact) mass is 463 g/mol. The number of amides is 1. The third-order valence-corrected chi connectivity index (χ3v) is 6.20. The van der Waals surface area contributed by atoms with Crippen LogP contribution in [0.15, 0.2) is 78.2 Å². The standard InChI is InChI=1S/C24H22ClN5OS/c1-17-7-2-5-11-21(17)30-23(19-9-6-13-26-15-19)28-29-24(30)32-14-12-22(31)27-16-18-8-3-4-10-20(18)25/h2-11,13,15H,12,14,16H2,1H3,(H,27,31). The molecule has 4 aromatic rings. The van der Waals surface area contributed by atoms with Crippen molar-refractivity contribution in [1.29, 1.82) is 0 Å². The first-order valence-corrected chi connectivity index (χ1v) is 11.5. The van der Waals surface area contributed by atoms with Crippen molar-refractivity contribution in [3.8, 4) is 17.1 Å². The first-order valence-electron chi connectivity index (χ1n) is 10.2. The fourth-order valence-corrected chi connectivity index (χ4v) is 4.32. The molecule has 0 atom stereocenters. The summed E-state index contributed by atoms with van der Waals surface area (Å²) in [6.45, 7) is 2.46. The number of halogens is 1. The molecule has 2 aromatic carbocycles. The van der Waals surface area contributed by atoms with Gasteiger partial charge in [0.25, 0.3) is 0 Å². The number of para-hydroxylation sites is 1. The van der Waals surface area contributed by atoms with Gasteiger partial charge in [-0.25, -0.2) is 0 Å². The van der Waals surface area contributed by atoms with Gasteiger partial charge in [-0.3, -0.25) is 14.3 Å². The topological polar surface area (TPSA) is 72.7 Å². The van der Waals surface area contributed by atoms with E-state index in [2.05, 4.69) is 33.5 Å². The smallest absolute Gasteiger partial charge is 0.221 e. The zero-order chi connectivity index (χ0) is 22.3. The maximum absolute atomic E-state index is 12.3. The third kappa shape index (κ3) is 5.18. The zero-order valence-corrected chi connectivity index (χ0v) is 19.1. The van der Waals surface area contributed by atoms with Gasteiger partial charge in [0.15, 0.2) is 11.0 Å². The molecule has 0 fully saturated rings. The Balaban J connectivity index is 1.47. The second-order valence-corrected chi connectivity index (χ2v) is 8.61. The van der Waals surface area contributed by atoms with Crippen LogP contribution in [0.25, 0.3) is 17.1 Å². The Labute approximate surface area is 196 Å². The molecule has 0 aliphatic rings. The molecule has 0 radical (unpaired) electrons. The first kappa shape index (κ1) is 22.0. The van der Waals surface area contributed by atoms with E-state index in [9.17, 15) is 4.79 Å². The number of rotatable bonds is 8. The quantitative estimate of drug-likeness (QED) is 0.368. The summed E-state index contributed by atoms with van der Waals surface area (Å²) in [5.74, 6) is 1.26. The Morgan fingerprint density at radius 1 is 1.06 bits per heavy atom. The van der Waals surface area contributed by atoms with Gasteiger partial charge in [0, 0.05) is 41.7 Å². The molecule has 0 aliphatic carbocycles. The molecule has 32 heavy (non-hydrogen) atoms. The molecule has 8 heteroatoms. The molecule has 2 aromatic heterocycles. The lowest BCUT2D eigenvalue weighted by Crippen LogP contribution is -2.23. The Kier molecular flexibility index (Phi) is 7.19. The summed E-state index contributed by atoms with van der Waals surface area (Å²) in [6, 6.07) is 19.4. The number of carbonyl (C=O) groups is 1. The van der Waals surface area contributed by atoms with Crippen LogP contribution in [0.2, 0.25) is 5.02 Å². The summed E-state index contributed by atoms with van der Waals surface area (Å²) in [7, 11) is 0. The Morgan fingerprint density at radius 2 is 1.88 bits per heavy atom. The predicted molar refractivity (Wildman–Crippen MR) is 128 cm³/mol. The van der Waals surface area contributed by atoms with E-state index in [1.807, 2.05) is 59.2 Å². The number of carbonyl (C=O) groups excluding carboxylic acids is 1. The summed E-state index contributed by atoms with van der Waals surface area (Å²) in [4.78, 5) is 16.5. The van der Waals surface area contributed by atoms with Crippen molar-refractivity contribution in [3.63, 3.8) is 0 Å². The normalized spacial score (nSPS) is 10.8. The van der Waals surface area contributed by atoms with Crippen LogP contribution in [0, 0.1) is 6.92 Å². The highest BCUT2D eigenvalue weighted by Crippen LogP contribution is 2.29. The second kappa shape index (κ2) is 10.4. The van der Waals surface area contributed by atoms with Gasteiger partial charge >= 0.3 is 0 Å². The molecule has 6 nitrogen and oxygen atoms in total. The van der Waals surface area contributed by atoms with Gasteiger partial charge in [0.05, 0.1) is 5.69 Å². The predicted octanol–water partition coefficient (Wildman–Crippen LogP) is 5.09. The van der Waals surface area contributed by atoms with E-state index < -0.39 is 0 Å². The van der Waals surface area contributed by atoms with Gasteiger partial charge in [-0.15, -0.1) is 10.2 Å². The number of pyridine rings is 1. The number of aryl methyl sites for hydroxylation is 1. The van der Waals surface area contributed by atoms with Gasteiger partial charge in [-0.05, 0) is 42.3 Å². The van der Waals surface area contributed by atoms with E-state index in [1.54, 1.807) is 12.4 Å². The second-order valence-electron chi connectivity index (χ2n) is 7.14. The molecule has 1 N–H and O–H groups in total. The van der Waals surface area contributed by atoms with Crippen molar-refractivity contribution in [2.24, 2.45) is 0 Å². The van der Waals surface area contributed by atoms with Crippen molar-refractivity contribution in [2.45, 2.75) is 25.0 Å². The number of nitrogens with zero attached hydrogens (tertiary/aromatic N) is 4. The SMILES string of the molecule is Cc1ccccc1-n1c(SCCC(=O)NCc2ccccc2Cl)nnc1-c1cccnc1. The van der Waals surface area contributed by atoms with Gasteiger partial charge in [0.2, 0.25) is 5.91 Å². The molecule has 0 spiro atoms. The van der Waals surface area contributed by atoms with E-state index in [0.29, 0.717) is 23.7 Å². The third-order valence-electron chi connectivity index (χ3n) is 4.90. The number of thioether (sulfide) groups is 1. The number of hydrogen-bond acceptors (Lipinski definition) is 5. The maximum Gasteiger partial charge on any atom is 0.221 e. The molecular formula is C24H22ClN5OS. The molecule has 4 rings (SSSR count). The van der Waals surface area contributed by atoms with Gasteiger partial charge in [-0.2, -0.15) is 0 Å². The Hall–Kier alpha value is -3.16. The van der Waals surface area contributed by atoms with Crippen molar-refractivity contribution < 1.29 is 4.79 Å². The average Bonchev–Trinajstić information content (AvgIpc) is 3.23. The highest BCUT2D eigenvalue weighted by atomic mass is 35.5. The molecule has 0 saturated heterocycles. The molecule has 2 heterocycles. The minimum Gasteiger partial charge on any atom is -0.352 e. The van der Waals surface area contributed by atoms with E-state index in [1.165, 1.54) is 11.8 Å². The number of hydrogen-bond donors (Lipinski definition) is 1. The van der Waals surface area contributed by atoms with E-state index in [0.717, 1.165) is 33.4 Å². The number of nitrogens with one attached hydrogen (secondary N) is 1. The Morgan fingerprint density at radius 3 is 2.66 bits per heavy atom. The summed E-state index contributed by atoms with van der Waals surface area (Å²) >= 11 is 7.66. The fourth-order valence-electron chi connectivity index (χ4n) is 3.24. The van der Waals surface area contributed by atoms with Crippen LogP contribution < -0.4 is 5.32 Å². The van der Waals surface area contributed by atoms with Crippen LogP contribution in [-0.2, 0) is 11.3 Å². The first-order chi connectivity index (χ1) is 15.6. The molecule has 162 valence electrons. The lowest BCUT2D eigenvalue weighted by molar-refractivity contribution is -0.120. The molecule has 1 amide bonds. The van der Waals surface area contributed by atoms with Gasteiger partial charge in [0.1, 0.15) is 0 Å². The lowest BCUT2D eigenvalue weighted by atomic mass is 10.2. The number of aromatic nitrogens is 4. The van der Waals surface area contributed by atoms with Crippen LogP contribution in [0.5, 0.6) is 0 Å². The van der Waals surface area contributed by atoms with Crippen molar-refractivity contribution in [3.05, 3.63) is 89.2 Å². The van der Waals surface area contributed by atoms with Gasteiger partial charge in [-0.1, -0.05) is 59.8 Å². The molecule has 0 bridgehead atoms. The highest BCUT2D eigenvalue weighted by molar-refractivity contribution is 7.99. The zero-order valence-electron chi connectivity index (χ0n) is 17.5. The summed E-state index contributed by atoms with van der Waals surface area (Å²) in [5, 5.41) is 13.1. The van der Waals surface area contributed by atoms with Crippen molar-refractivity contribution in [2.75, 3.05) is 5.75 Å². The average molecular weight is 464 g/mol. The summed E-state index contributed by atoms with van der Waals surface area (Å²) in [6.07, 6.45) is 3.86. The molecule has 0 saturated carbocycles. The highest BCUT2D eigenvalue weighted by Gasteiger charge is 2.18. The summed E-state index contributed by atoms with van der Waals surface area (Å²) < 4.78 is 2.03. The van der Waals surface area contributed by atoms with Crippen LogP contribution in [0.3, 0.4) is 0 Å². The maximum atomic E-state index is 12.3. The minimum atomic E-state index is -0.0353.